The fourth-order valence-corrected chi connectivity index (χ4v) is 5.55. The molecule has 0 amide bonds. The minimum Gasteiger partial charge on any atom is -0.369 e. The number of aromatic amines is 1. The second-order valence-electron chi connectivity index (χ2n) is 11.0. The lowest BCUT2D eigenvalue weighted by atomic mass is 9.97. The number of anilines is 1. The van der Waals surface area contributed by atoms with Gasteiger partial charge < -0.3 is 9.88 Å². The van der Waals surface area contributed by atoms with E-state index >= 15 is 0 Å². The van der Waals surface area contributed by atoms with Crippen LogP contribution in [0.5, 0.6) is 0 Å². The van der Waals surface area contributed by atoms with Crippen molar-refractivity contribution in [3.63, 3.8) is 0 Å². The molecule has 1 saturated heterocycles. The Balaban J connectivity index is 1.60. The minimum atomic E-state index is -0.383. The first-order chi connectivity index (χ1) is 18.1. The molecule has 200 valence electrons. The van der Waals surface area contributed by atoms with Crippen molar-refractivity contribution in [2.24, 2.45) is 0 Å². The molecule has 0 radical (unpaired) electrons. The molecule has 0 aliphatic carbocycles. The van der Waals surface area contributed by atoms with Gasteiger partial charge in [-0.25, -0.2) is 4.68 Å². The predicted octanol–water partition coefficient (Wildman–Crippen LogP) is 5.15. The number of hydrogen-bond donors (Lipinski definition) is 1. The lowest BCUT2D eigenvalue weighted by Crippen LogP contribution is -2.49. The summed E-state index contributed by atoms with van der Waals surface area (Å²) in [5, 5.41) is 14.8. The van der Waals surface area contributed by atoms with Gasteiger partial charge in [-0.1, -0.05) is 36.7 Å². The number of nitrogens with zero attached hydrogens (tertiary/aromatic N) is 6. The number of rotatable bonds is 6. The Morgan fingerprint density at radius 2 is 1.68 bits per heavy atom. The average Bonchev–Trinajstić information content (AvgIpc) is 3.39. The normalized spacial score (nSPS) is 15.8. The van der Waals surface area contributed by atoms with Gasteiger partial charge in [0, 0.05) is 47.8 Å². The van der Waals surface area contributed by atoms with E-state index in [1.165, 1.54) is 5.56 Å². The van der Waals surface area contributed by atoms with E-state index in [2.05, 4.69) is 77.1 Å². The number of hydrogen-bond acceptors (Lipinski definition) is 6. The molecule has 5 rings (SSSR count). The van der Waals surface area contributed by atoms with Crippen LogP contribution in [0.1, 0.15) is 61.3 Å². The highest BCUT2D eigenvalue weighted by atomic mass is 35.5. The van der Waals surface area contributed by atoms with Crippen molar-refractivity contribution in [2.45, 2.75) is 59.5 Å². The fourth-order valence-electron chi connectivity index (χ4n) is 5.38. The second kappa shape index (κ2) is 10.2. The van der Waals surface area contributed by atoms with Gasteiger partial charge in [0.05, 0.1) is 11.1 Å². The topological polar surface area (TPSA) is 82.9 Å². The van der Waals surface area contributed by atoms with E-state index < -0.39 is 0 Å². The van der Waals surface area contributed by atoms with Crippen LogP contribution in [0.15, 0.2) is 41.2 Å². The van der Waals surface area contributed by atoms with Crippen molar-refractivity contribution < 1.29 is 0 Å². The van der Waals surface area contributed by atoms with Crippen LogP contribution in [0, 0.1) is 20.8 Å². The molecule has 1 N–H and O–H groups in total. The molecular formula is C29H36ClN7O. The molecule has 2 aromatic heterocycles. The summed E-state index contributed by atoms with van der Waals surface area (Å²) in [4.78, 5) is 21.6. The van der Waals surface area contributed by atoms with Gasteiger partial charge in [0.25, 0.3) is 5.56 Å². The van der Waals surface area contributed by atoms with Crippen LogP contribution < -0.4 is 10.5 Å². The number of halogens is 1. The van der Waals surface area contributed by atoms with E-state index in [0.717, 1.165) is 65.3 Å². The number of aryl methyl sites for hydroxylation is 3. The van der Waals surface area contributed by atoms with Gasteiger partial charge in [-0.05, 0) is 86.4 Å². The molecule has 1 atom stereocenters. The standard InChI is InChI=1S/C29H36ClN7O/c1-7-29(5,6)37-27(32-33-34-37)26(23-17-22-18(2)8-9-20(4)25(22)31-28(23)38)36-14-12-35(13-15-36)24-16-21(30)11-10-19(24)3/h8-11,16-17,26H,7,12-15H2,1-6H3,(H,31,38)/t26-/m1/s1. The molecule has 1 aliphatic heterocycles. The Morgan fingerprint density at radius 1 is 1.00 bits per heavy atom. The summed E-state index contributed by atoms with van der Waals surface area (Å²) in [7, 11) is 0. The SMILES string of the molecule is CCC(C)(C)n1nnnc1[C@@H](c1cc2c(C)ccc(C)c2[nH]c1=O)N1CCN(c2cc(Cl)ccc2C)CC1. The number of H-pyrrole nitrogens is 1. The van der Waals surface area contributed by atoms with Crippen LogP contribution >= 0.6 is 11.6 Å². The summed E-state index contributed by atoms with van der Waals surface area (Å²) < 4.78 is 1.90. The highest BCUT2D eigenvalue weighted by molar-refractivity contribution is 6.30. The van der Waals surface area contributed by atoms with Gasteiger partial charge in [0.15, 0.2) is 5.82 Å². The third-order valence-corrected chi connectivity index (χ3v) is 8.37. The molecule has 9 heteroatoms. The number of piperazine rings is 1. The number of pyridine rings is 1. The van der Waals surface area contributed by atoms with Crippen LogP contribution in [-0.4, -0.2) is 56.3 Å². The Morgan fingerprint density at radius 3 is 2.39 bits per heavy atom. The number of nitrogens with one attached hydrogen (secondary N) is 1. The molecule has 3 heterocycles. The number of tetrazole rings is 1. The third kappa shape index (κ3) is 4.71. The highest BCUT2D eigenvalue weighted by Gasteiger charge is 2.36. The van der Waals surface area contributed by atoms with Gasteiger partial charge in [-0.2, -0.15) is 0 Å². The van der Waals surface area contributed by atoms with E-state index in [-0.39, 0.29) is 17.1 Å². The fraction of sp³-hybridized carbons (Fsp3) is 0.448. The van der Waals surface area contributed by atoms with Gasteiger partial charge in [0.2, 0.25) is 0 Å². The summed E-state index contributed by atoms with van der Waals surface area (Å²) in [6.45, 7) is 15.7. The smallest absolute Gasteiger partial charge is 0.253 e. The summed E-state index contributed by atoms with van der Waals surface area (Å²) in [6.07, 6.45) is 0.853. The maximum Gasteiger partial charge on any atom is 0.253 e. The maximum absolute atomic E-state index is 13.7. The first-order valence-corrected chi connectivity index (χ1v) is 13.7. The summed E-state index contributed by atoms with van der Waals surface area (Å²) >= 11 is 6.33. The zero-order valence-electron chi connectivity index (χ0n) is 23.0. The van der Waals surface area contributed by atoms with Gasteiger partial charge in [0.1, 0.15) is 6.04 Å². The summed E-state index contributed by atoms with van der Waals surface area (Å²) in [6, 6.07) is 11.8. The van der Waals surface area contributed by atoms with E-state index in [0.29, 0.717) is 11.4 Å². The van der Waals surface area contributed by atoms with E-state index in [1.54, 1.807) is 0 Å². The molecule has 1 aliphatic rings. The van der Waals surface area contributed by atoms with Crippen LogP contribution in [-0.2, 0) is 5.54 Å². The molecule has 1 fully saturated rings. The molecule has 0 bridgehead atoms. The second-order valence-corrected chi connectivity index (χ2v) is 11.4. The number of benzene rings is 2. The number of aromatic nitrogens is 5. The zero-order valence-corrected chi connectivity index (χ0v) is 23.8. The lowest BCUT2D eigenvalue weighted by Gasteiger charge is -2.40. The van der Waals surface area contributed by atoms with Gasteiger partial charge in [-0.15, -0.1) is 5.10 Å². The quantitative estimate of drug-likeness (QED) is 0.369. The van der Waals surface area contributed by atoms with Crippen molar-refractivity contribution >= 4 is 28.2 Å². The number of fused-ring (bicyclic) bond motifs is 1. The Hall–Kier alpha value is -3.23. The summed E-state index contributed by atoms with van der Waals surface area (Å²) in [5.41, 5.74) is 5.67. The van der Waals surface area contributed by atoms with Crippen LogP contribution in [0.3, 0.4) is 0 Å². The first-order valence-electron chi connectivity index (χ1n) is 13.3. The molecule has 0 unspecified atom stereocenters. The first kappa shape index (κ1) is 26.4. The van der Waals surface area contributed by atoms with Gasteiger partial charge in [-0.3, -0.25) is 9.69 Å². The highest BCUT2D eigenvalue weighted by Crippen LogP contribution is 2.33. The average molecular weight is 534 g/mol. The molecular weight excluding hydrogens is 498 g/mol. The van der Waals surface area contributed by atoms with E-state index in [9.17, 15) is 4.79 Å². The van der Waals surface area contributed by atoms with Crippen molar-refractivity contribution in [1.82, 2.24) is 30.1 Å². The molecule has 38 heavy (non-hydrogen) atoms. The lowest BCUT2D eigenvalue weighted by molar-refractivity contribution is 0.186. The minimum absolute atomic E-state index is 0.104. The molecule has 0 spiro atoms. The van der Waals surface area contributed by atoms with Crippen molar-refractivity contribution in [3.05, 3.63) is 79.9 Å². The largest absolute Gasteiger partial charge is 0.369 e. The van der Waals surface area contributed by atoms with Crippen LogP contribution in [0.4, 0.5) is 5.69 Å². The van der Waals surface area contributed by atoms with E-state index in [4.69, 9.17) is 11.6 Å². The monoisotopic (exact) mass is 533 g/mol. The van der Waals surface area contributed by atoms with Crippen molar-refractivity contribution in [3.8, 4) is 0 Å². The van der Waals surface area contributed by atoms with Crippen molar-refractivity contribution in [2.75, 3.05) is 31.1 Å². The van der Waals surface area contributed by atoms with Crippen molar-refractivity contribution in [1.29, 1.82) is 0 Å². The predicted molar refractivity (Wildman–Crippen MR) is 153 cm³/mol. The summed E-state index contributed by atoms with van der Waals surface area (Å²) in [5.74, 6) is 0.694. The Kier molecular flexibility index (Phi) is 7.05. The van der Waals surface area contributed by atoms with E-state index in [1.807, 2.05) is 35.9 Å². The molecule has 0 saturated carbocycles. The molecule has 2 aromatic carbocycles. The van der Waals surface area contributed by atoms with Crippen LogP contribution in [0.25, 0.3) is 10.9 Å². The Labute approximate surface area is 228 Å². The zero-order chi connectivity index (χ0) is 27.2. The Bertz CT molecular complexity index is 1530. The molecule has 4 aromatic rings. The third-order valence-electron chi connectivity index (χ3n) is 8.14. The molecule has 8 nitrogen and oxygen atoms in total. The van der Waals surface area contributed by atoms with Gasteiger partial charge >= 0.3 is 0 Å². The van der Waals surface area contributed by atoms with Crippen LogP contribution in [0.2, 0.25) is 5.02 Å². The maximum atomic E-state index is 13.7.